The van der Waals surface area contributed by atoms with Crippen molar-refractivity contribution in [2.24, 2.45) is 0 Å². The van der Waals surface area contributed by atoms with E-state index >= 15 is 0 Å². The zero-order valence-corrected chi connectivity index (χ0v) is 9.61. The molecule has 3 heterocycles. The van der Waals surface area contributed by atoms with Gasteiger partial charge in [0.05, 0.1) is 17.9 Å². The normalized spacial score (nSPS) is 12.7. The molecule has 0 aromatic carbocycles. The minimum atomic E-state index is -0.279. The van der Waals surface area contributed by atoms with Crippen LogP contribution in [0.1, 0.15) is 18.7 Å². The van der Waals surface area contributed by atoms with Crippen molar-refractivity contribution in [1.82, 2.24) is 30.2 Å². The highest BCUT2D eigenvalue weighted by atomic mass is 16.1. The van der Waals surface area contributed by atoms with Crippen LogP contribution < -0.4 is 5.56 Å². The van der Waals surface area contributed by atoms with Crippen molar-refractivity contribution >= 4 is 11.0 Å². The van der Waals surface area contributed by atoms with Gasteiger partial charge < -0.3 is 0 Å². The second-order valence-corrected chi connectivity index (χ2v) is 3.90. The van der Waals surface area contributed by atoms with E-state index < -0.39 is 0 Å². The van der Waals surface area contributed by atoms with Gasteiger partial charge >= 0.3 is 0 Å². The van der Waals surface area contributed by atoms with Gasteiger partial charge in [-0.25, -0.2) is 4.68 Å². The van der Waals surface area contributed by atoms with Gasteiger partial charge in [0, 0.05) is 6.20 Å². The molecular weight excluding hydrogens is 232 g/mol. The quantitative estimate of drug-likeness (QED) is 0.707. The highest BCUT2D eigenvalue weighted by Crippen LogP contribution is 2.11. The summed E-state index contributed by atoms with van der Waals surface area (Å²) in [5.41, 5.74) is 1.32. The Labute approximate surface area is 101 Å². The molecule has 0 radical (unpaired) electrons. The molecule has 0 bridgehead atoms. The molecule has 0 saturated carbocycles. The number of aromatic nitrogens is 6. The van der Waals surface area contributed by atoms with E-state index in [0.717, 1.165) is 5.69 Å². The van der Waals surface area contributed by atoms with Crippen molar-refractivity contribution in [1.29, 1.82) is 0 Å². The summed E-state index contributed by atoms with van der Waals surface area (Å²) in [4.78, 5) is 16.4. The van der Waals surface area contributed by atoms with Crippen molar-refractivity contribution in [3.05, 3.63) is 46.6 Å². The molecule has 7 nitrogen and oxygen atoms in total. The minimum absolute atomic E-state index is 0.254. The Morgan fingerprint density at radius 1 is 1.39 bits per heavy atom. The first-order chi connectivity index (χ1) is 8.77. The summed E-state index contributed by atoms with van der Waals surface area (Å²) < 4.78 is 1.29. The molecule has 90 valence electrons. The average Bonchev–Trinajstić information content (AvgIpc) is 2.89. The SMILES string of the molecule is C[C@H](c1ccccn1)n1nnc2cn[nH]c2c1=O. The molecule has 0 saturated heterocycles. The van der Waals surface area contributed by atoms with E-state index in [-0.39, 0.29) is 11.6 Å². The third-order valence-electron chi connectivity index (χ3n) is 2.77. The van der Waals surface area contributed by atoms with E-state index in [2.05, 4.69) is 25.5 Å². The van der Waals surface area contributed by atoms with E-state index in [1.807, 2.05) is 25.1 Å². The molecule has 0 aliphatic rings. The van der Waals surface area contributed by atoms with Crippen LogP contribution in [0.3, 0.4) is 0 Å². The fourth-order valence-electron chi connectivity index (χ4n) is 1.77. The predicted molar refractivity (Wildman–Crippen MR) is 64.0 cm³/mol. The van der Waals surface area contributed by atoms with Crippen molar-refractivity contribution in [2.75, 3.05) is 0 Å². The van der Waals surface area contributed by atoms with Crippen molar-refractivity contribution in [2.45, 2.75) is 13.0 Å². The van der Waals surface area contributed by atoms with Crippen LogP contribution in [0.5, 0.6) is 0 Å². The number of nitrogens with zero attached hydrogens (tertiary/aromatic N) is 5. The summed E-state index contributed by atoms with van der Waals surface area (Å²) in [5.74, 6) is 0. The maximum Gasteiger partial charge on any atom is 0.296 e. The molecule has 1 atom stereocenters. The van der Waals surface area contributed by atoms with Crippen molar-refractivity contribution < 1.29 is 0 Å². The molecule has 18 heavy (non-hydrogen) atoms. The lowest BCUT2D eigenvalue weighted by Crippen LogP contribution is -2.28. The van der Waals surface area contributed by atoms with Crippen LogP contribution in [0.15, 0.2) is 35.4 Å². The van der Waals surface area contributed by atoms with Gasteiger partial charge in [-0.15, -0.1) is 5.10 Å². The number of rotatable bonds is 2. The zero-order chi connectivity index (χ0) is 12.5. The molecular formula is C11H10N6O. The first kappa shape index (κ1) is 10.6. The maximum absolute atomic E-state index is 12.2. The Morgan fingerprint density at radius 3 is 3.06 bits per heavy atom. The van der Waals surface area contributed by atoms with E-state index in [1.54, 1.807) is 6.20 Å². The van der Waals surface area contributed by atoms with Crippen LogP contribution in [0.25, 0.3) is 11.0 Å². The van der Waals surface area contributed by atoms with Gasteiger partial charge in [-0.1, -0.05) is 11.3 Å². The van der Waals surface area contributed by atoms with Gasteiger partial charge in [0.15, 0.2) is 5.52 Å². The predicted octanol–water partition coefficient (Wildman–Crippen LogP) is 0.519. The van der Waals surface area contributed by atoms with E-state index in [1.165, 1.54) is 10.9 Å². The molecule has 0 spiro atoms. The van der Waals surface area contributed by atoms with Crippen molar-refractivity contribution in [3.63, 3.8) is 0 Å². The topological polar surface area (TPSA) is 89.3 Å². The average molecular weight is 242 g/mol. The highest BCUT2D eigenvalue weighted by molar-refractivity contribution is 5.70. The fraction of sp³-hybridized carbons (Fsp3) is 0.182. The summed E-state index contributed by atoms with van der Waals surface area (Å²) in [7, 11) is 0. The highest BCUT2D eigenvalue weighted by Gasteiger charge is 2.15. The van der Waals surface area contributed by atoms with Gasteiger partial charge in [-0.05, 0) is 19.1 Å². The Hall–Kier alpha value is -2.57. The number of aromatic amines is 1. The Balaban J connectivity index is 2.15. The zero-order valence-electron chi connectivity index (χ0n) is 9.61. The number of nitrogens with one attached hydrogen (secondary N) is 1. The molecule has 0 amide bonds. The van der Waals surface area contributed by atoms with Crippen LogP contribution in [0.4, 0.5) is 0 Å². The van der Waals surface area contributed by atoms with Gasteiger partial charge in [0.2, 0.25) is 0 Å². The lowest BCUT2D eigenvalue weighted by Gasteiger charge is -2.11. The third kappa shape index (κ3) is 1.56. The minimum Gasteiger partial charge on any atom is -0.271 e. The summed E-state index contributed by atoms with van der Waals surface area (Å²) in [5, 5.41) is 14.3. The van der Waals surface area contributed by atoms with E-state index in [0.29, 0.717) is 11.0 Å². The van der Waals surface area contributed by atoms with Crippen molar-refractivity contribution in [3.8, 4) is 0 Å². The maximum atomic E-state index is 12.2. The van der Waals surface area contributed by atoms with Gasteiger partial charge in [0.1, 0.15) is 5.52 Å². The standard InChI is InChI=1S/C11H10N6O/c1-7(8-4-2-3-5-12-8)17-11(18)10-9(14-16-17)6-13-15-10/h2-7H,1H3,(H,13,15)/t7-/m1/s1. The van der Waals surface area contributed by atoms with Crippen LogP contribution in [-0.2, 0) is 0 Å². The largest absolute Gasteiger partial charge is 0.296 e. The monoisotopic (exact) mass is 242 g/mol. The smallest absolute Gasteiger partial charge is 0.271 e. The molecule has 3 rings (SSSR count). The molecule has 7 heteroatoms. The molecule has 3 aromatic rings. The van der Waals surface area contributed by atoms with Gasteiger partial charge in [-0.3, -0.25) is 14.9 Å². The number of fused-ring (bicyclic) bond motifs is 1. The van der Waals surface area contributed by atoms with Crippen LogP contribution >= 0.6 is 0 Å². The first-order valence-corrected chi connectivity index (χ1v) is 5.47. The lowest BCUT2D eigenvalue weighted by atomic mass is 10.2. The van der Waals surface area contributed by atoms with Gasteiger partial charge in [0.25, 0.3) is 5.56 Å². The number of pyridine rings is 1. The van der Waals surface area contributed by atoms with Crippen LogP contribution in [0.2, 0.25) is 0 Å². The second-order valence-electron chi connectivity index (χ2n) is 3.90. The number of hydrogen-bond acceptors (Lipinski definition) is 5. The van der Waals surface area contributed by atoms with E-state index in [9.17, 15) is 4.79 Å². The summed E-state index contributed by atoms with van der Waals surface area (Å²) in [6, 6.07) is 5.25. The summed E-state index contributed by atoms with van der Waals surface area (Å²) in [6.07, 6.45) is 3.15. The first-order valence-electron chi connectivity index (χ1n) is 5.47. The lowest BCUT2D eigenvalue weighted by molar-refractivity contribution is 0.497. The molecule has 0 aliphatic heterocycles. The third-order valence-corrected chi connectivity index (χ3v) is 2.77. The molecule has 0 fully saturated rings. The molecule has 0 unspecified atom stereocenters. The number of hydrogen-bond donors (Lipinski definition) is 1. The number of H-pyrrole nitrogens is 1. The molecule has 1 N–H and O–H groups in total. The summed E-state index contributed by atoms with van der Waals surface area (Å²) in [6.45, 7) is 1.85. The fourth-order valence-corrected chi connectivity index (χ4v) is 1.77. The Morgan fingerprint density at radius 2 is 2.28 bits per heavy atom. The van der Waals surface area contributed by atoms with Crippen LogP contribution in [0, 0.1) is 0 Å². The molecule has 3 aromatic heterocycles. The second kappa shape index (κ2) is 4.02. The molecule has 0 aliphatic carbocycles. The van der Waals surface area contributed by atoms with Gasteiger partial charge in [-0.2, -0.15) is 5.10 Å². The van der Waals surface area contributed by atoms with Crippen LogP contribution in [-0.4, -0.2) is 30.2 Å². The summed E-state index contributed by atoms with van der Waals surface area (Å²) >= 11 is 0. The van der Waals surface area contributed by atoms with E-state index in [4.69, 9.17) is 0 Å². The Kier molecular flexibility index (Phi) is 2.36. The Bertz CT molecular complexity index is 732.